The molecule has 0 spiro atoms. The number of carbonyl (C=O) groups is 2. The van der Waals surface area contributed by atoms with Crippen LogP contribution in [0.5, 0.6) is 17.2 Å². The molecule has 1 fully saturated rings. The number of nitrogens with zero attached hydrogens (tertiary/aromatic N) is 6. The van der Waals surface area contributed by atoms with E-state index in [1.807, 2.05) is 38.1 Å². The smallest absolute Gasteiger partial charge is 0.263 e. The van der Waals surface area contributed by atoms with Gasteiger partial charge in [-0.25, -0.2) is 4.90 Å². The molecular weight excluding hydrogens is 468 g/mol. The van der Waals surface area contributed by atoms with E-state index >= 15 is 0 Å². The molecule has 36 heavy (non-hydrogen) atoms. The predicted octanol–water partition coefficient (Wildman–Crippen LogP) is 3.03. The third-order valence-corrected chi connectivity index (χ3v) is 5.70. The molecule has 12 nitrogen and oxygen atoms in total. The Balaban J connectivity index is 1.33. The third kappa shape index (κ3) is 4.21. The summed E-state index contributed by atoms with van der Waals surface area (Å²) >= 11 is 0. The van der Waals surface area contributed by atoms with Crippen molar-refractivity contribution in [2.75, 3.05) is 19.1 Å². The van der Waals surface area contributed by atoms with Crippen LogP contribution >= 0.6 is 0 Å². The number of imide groups is 1. The number of benzene rings is 2. The van der Waals surface area contributed by atoms with Gasteiger partial charge in [0.25, 0.3) is 11.8 Å². The van der Waals surface area contributed by atoms with E-state index in [-0.39, 0.29) is 18.5 Å². The number of ether oxygens (including phenoxy) is 3. The summed E-state index contributed by atoms with van der Waals surface area (Å²) in [4.78, 5) is 31.9. The lowest BCUT2D eigenvalue weighted by atomic mass is 10.1. The molecule has 2 aliphatic heterocycles. The molecule has 0 bridgehead atoms. The van der Waals surface area contributed by atoms with Crippen molar-refractivity contribution in [2.45, 2.75) is 38.6 Å². The van der Waals surface area contributed by atoms with Gasteiger partial charge in [-0.3, -0.25) is 14.6 Å². The second kappa shape index (κ2) is 9.29. The van der Waals surface area contributed by atoms with Crippen molar-refractivity contribution < 1.29 is 28.3 Å². The number of methoxy groups -OCH3 is 2. The summed E-state index contributed by atoms with van der Waals surface area (Å²) in [6.45, 7) is 3.92. The summed E-state index contributed by atoms with van der Waals surface area (Å²) in [5, 5.41) is 13.5. The van der Waals surface area contributed by atoms with Gasteiger partial charge in [0.15, 0.2) is 12.1 Å². The fourth-order valence-electron chi connectivity index (χ4n) is 4.06. The van der Waals surface area contributed by atoms with Crippen molar-refractivity contribution in [3.05, 3.63) is 48.4 Å². The summed E-state index contributed by atoms with van der Waals surface area (Å²) in [5.74, 6) is 1.29. The zero-order valence-electron chi connectivity index (χ0n) is 20.1. The van der Waals surface area contributed by atoms with E-state index in [1.54, 1.807) is 18.2 Å². The minimum absolute atomic E-state index is 0.0144. The molecule has 3 heterocycles. The van der Waals surface area contributed by atoms with E-state index in [4.69, 9.17) is 18.7 Å². The zero-order valence-corrected chi connectivity index (χ0v) is 20.1. The molecule has 2 amide bonds. The average molecular weight is 492 g/mol. The molecule has 2 aromatic carbocycles. The number of anilines is 1. The normalized spacial score (nSPS) is 18.8. The number of rotatable bonds is 8. The first-order chi connectivity index (χ1) is 17.4. The van der Waals surface area contributed by atoms with E-state index in [0.29, 0.717) is 23.0 Å². The van der Waals surface area contributed by atoms with Crippen LogP contribution in [0.4, 0.5) is 5.69 Å². The van der Waals surface area contributed by atoms with Gasteiger partial charge in [0.1, 0.15) is 23.8 Å². The van der Waals surface area contributed by atoms with Crippen LogP contribution in [0.2, 0.25) is 0 Å². The van der Waals surface area contributed by atoms with Gasteiger partial charge in [-0.2, -0.15) is 10.1 Å². The SMILES string of the molecule is COc1cc(OC)cc(N2C(=O)[C@H]3N=NN(Cc4nc(-c5ccc(OC(C)C)cc5)no4)[C@H]3C2=O)c1. The summed E-state index contributed by atoms with van der Waals surface area (Å²) in [5.41, 5.74) is 1.07. The predicted molar refractivity (Wildman–Crippen MR) is 126 cm³/mol. The van der Waals surface area contributed by atoms with Gasteiger partial charge < -0.3 is 18.7 Å². The summed E-state index contributed by atoms with van der Waals surface area (Å²) in [6.07, 6.45) is 0.0677. The first-order valence-electron chi connectivity index (χ1n) is 11.3. The third-order valence-electron chi connectivity index (χ3n) is 5.70. The second-order valence-electron chi connectivity index (χ2n) is 8.48. The molecule has 0 saturated carbocycles. The Morgan fingerprint density at radius 1 is 0.972 bits per heavy atom. The van der Waals surface area contributed by atoms with Crippen LogP contribution < -0.4 is 19.1 Å². The zero-order chi connectivity index (χ0) is 25.4. The number of fused-ring (bicyclic) bond motifs is 1. The van der Waals surface area contributed by atoms with Crippen LogP contribution in [0, 0.1) is 0 Å². The fraction of sp³-hybridized carbons (Fsp3) is 0.333. The van der Waals surface area contributed by atoms with Crippen LogP contribution in [0.15, 0.2) is 57.3 Å². The van der Waals surface area contributed by atoms with Crippen molar-refractivity contribution in [1.82, 2.24) is 15.1 Å². The Labute approximate surface area is 206 Å². The number of hydrogen-bond acceptors (Lipinski definition) is 11. The molecule has 0 radical (unpaired) electrons. The van der Waals surface area contributed by atoms with E-state index in [9.17, 15) is 9.59 Å². The molecule has 1 saturated heterocycles. The van der Waals surface area contributed by atoms with E-state index in [2.05, 4.69) is 20.5 Å². The molecule has 0 N–H and O–H groups in total. The van der Waals surface area contributed by atoms with E-state index < -0.39 is 23.9 Å². The van der Waals surface area contributed by atoms with Gasteiger partial charge in [0.2, 0.25) is 11.7 Å². The average Bonchev–Trinajstić information content (AvgIpc) is 3.57. The topological polar surface area (TPSA) is 132 Å². The van der Waals surface area contributed by atoms with E-state index in [0.717, 1.165) is 16.2 Å². The Morgan fingerprint density at radius 2 is 1.67 bits per heavy atom. The van der Waals surface area contributed by atoms with Gasteiger partial charge in [0, 0.05) is 23.8 Å². The maximum absolute atomic E-state index is 13.3. The molecule has 3 aromatic rings. The number of carbonyl (C=O) groups excluding carboxylic acids is 2. The van der Waals surface area contributed by atoms with Crippen LogP contribution in [-0.2, 0) is 16.1 Å². The molecule has 186 valence electrons. The Kier molecular flexibility index (Phi) is 6.00. The van der Waals surface area contributed by atoms with Crippen molar-refractivity contribution >= 4 is 17.5 Å². The first-order valence-corrected chi connectivity index (χ1v) is 11.3. The van der Waals surface area contributed by atoms with Gasteiger partial charge in [-0.15, -0.1) is 0 Å². The molecule has 5 rings (SSSR count). The highest BCUT2D eigenvalue weighted by atomic mass is 16.5. The van der Waals surface area contributed by atoms with Crippen LogP contribution in [0.3, 0.4) is 0 Å². The Hall–Kier alpha value is -4.48. The Bertz CT molecular complexity index is 1300. The Morgan fingerprint density at radius 3 is 2.31 bits per heavy atom. The minimum Gasteiger partial charge on any atom is -0.497 e. The number of amides is 2. The summed E-state index contributed by atoms with van der Waals surface area (Å²) in [6, 6.07) is 10.3. The maximum Gasteiger partial charge on any atom is 0.263 e. The molecule has 0 aliphatic carbocycles. The monoisotopic (exact) mass is 492 g/mol. The van der Waals surface area contributed by atoms with Gasteiger partial charge in [-0.05, 0) is 38.1 Å². The lowest BCUT2D eigenvalue weighted by molar-refractivity contribution is -0.123. The first kappa shape index (κ1) is 23.3. The van der Waals surface area contributed by atoms with Gasteiger partial charge in [0.05, 0.1) is 26.0 Å². The van der Waals surface area contributed by atoms with Crippen LogP contribution in [0.25, 0.3) is 11.4 Å². The van der Waals surface area contributed by atoms with Gasteiger partial charge in [-0.1, -0.05) is 10.4 Å². The summed E-state index contributed by atoms with van der Waals surface area (Å²) in [7, 11) is 2.98. The lowest BCUT2D eigenvalue weighted by Crippen LogP contribution is -2.39. The fourth-order valence-corrected chi connectivity index (χ4v) is 4.06. The molecule has 1 aromatic heterocycles. The number of aromatic nitrogens is 2. The number of hydrogen-bond donors (Lipinski definition) is 0. The largest absolute Gasteiger partial charge is 0.497 e. The van der Waals surface area contributed by atoms with Crippen molar-refractivity contribution in [1.29, 1.82) is 0 Å². The van der Waals surface area contributed by atoms with E-state index in [1.165, 1.54) is 19.2 Å². The standard InChI is InChI=1S/C24H24N6O6/c1-13(2)35-16-7-5-14(6-8-16)22-25-19(36-27-22)12-29-21-20(26-28-29)23(31)30(24(21)32)15-9-17(33-3)11-18(10-15)34-4/h5-11,13,20-21H,12H2,1-4H3/t20-,21+/m0/s1. The van der Waals surface area contributed by atoms with Crippen molar-refractivity contribution in [3.8, 4) is 28.6 Å². The molecular formula is C24H24N6O6. The van der Waals surface area contributed by atoms with Gasteiger partial charge >= 0.3 is 0 Å². The highest BCUT2D eigenvalue weighted by Crippen LogP contribution is 2.36. The molecule has 0 unspecified atom stereocenters. The quantitative estimate of drug-likeness (QED) is 0.435. The lowest BCUT2D eigenvalue weighted by Gasteiger charge is -2.20. The minimum atomic E-state index is -0.967. The molecule has 12 heteroatoms. The van der Waals surface area contributed by atoms with Crippen molar-refractivity contribution in [2.24, 2.45) is 10.3 Å². The molecule has 2 aliphatic rings. The highest BCUT2D eigenvalue weighted by molar-refractivity contribution is 6.25. The van der Waals surface area contributed by atoms with Crippen molar-refractivity contribution in [3.63, 3.8) is 0 Å². The van der Waals surface area contributed by atoms with Crippen LogP contribution in [0.1, 0.15) is 19.7 Å². The highest BCUT2D eigenvalue weighted by Gasteiger charge is 2.55. The molecule has 2 atom stereocenters. The van der Waals surface area contributed by atoms with Crippen LogP contribution in [-0.4, -0.2) is 59.4 Å². The summed E-state index contributed by atoms with van der Waals surface area (Å²) < 4.78 is 21.6. The maximum atomic E-state index is 13.3. The second-order valence-corrected chi connectivity index (χ2v) is 8.48.